The number of hydrogen-bond donors (Lipinski definition) is 1. The molecule has 2 aromatic rings. The monoisotopic (exact) mass is 356 g/mol. The summed E-state index contributed by atoms with van der Waals surface area (Å²) in [4.78, 5) is 0. The first-order valence-electron chi connectivity index (χ1n) is 5.09. The summed E-state index contributed by atoms with van der Waals surface area (Å²) in [5.74, 6) is -10.3. The maximum atomic E-state index is 13.6. The molecular weight excluding hydrogens is 351 g/mol. The van der Waals surface area contributed by atoms with Crippen molar-refractivity contribution in [2.45, 2.75) is 6.04 Å². The number of hydrogen-bond acceptors (Lipinski definition) is 3. The van der Waals surface area contributed by atoms with Crippen LogP contribution in [0.15, 0.2) is 4.60 Å². The van der Waals surface area contributed by atoms with Gasteiger partial charge in [0.15, 0.2) is 27.9 Å². The molecule has 1 heterocycles. The Balaban J connectivity index is 2.71. The second-order valence-corrected chi connectivity index (χ2v) is 4.60. The molecule has 108 valence electrons. The number of rotatable bonds is 2. The van der Waals surface area contributed by atoms with Gasteiger partial charge in [0.05, 0.1) is 17.3 Å². The molecule has 0 saturated heterocycles. The second kappa shape index (κ2) is 5.09. The zero-order chi connectivity index (χ0) is 15.2. The second-order valence-electron chi connectivity index (χ2n) is 3.85. The molecule has 0 bridgehead atoms. The van der Waals surface area contributed by atoms with E-state index < -0.39 is 40.7 Å². The third kappa shape index (κ3) is 2.08. The number of nitrogens with two attached hydrogens (primary N) is 1. The Labute approximate surface area is 117 Å². The van der Waals surface area contributed by atoms with Crippen molar-refractivity contribution in [2.75, 3.05) is 0 Å². The van der Waals surface area contributed by atoms with Gasteiger partial charge in [0, 0.05) is 7.05 Å². The van der Waals surface area contributed by atoms with Crippen molar-refractivity contribution in [3.05, 3.63) is 44.9 Å². The molecule has 1 atom stereocenters. The predicted molar refractivity (Wildman–Crippen MR) is 61.0 cm³/mol. The molecule has 0 amide bonds. The highest BCUT2D eigenvalue weighted by atomic mass is 79.9. The Hall–Kier alpha value is -1.55. The first kappa shape index (κ1) is 14.9. The van der Waals surface area contributed by atoms with E-state index in [4.69, 9.17) is 5.73 Å². The van der Waals surface area contributed by atoms with Gasteiger partial charge in [-0.2, -0.15) is 0 Å². The van der Waals surface area contributed by atoms with Crippen LogP contribution in [0.25, 0.3) is 0 Å². The first-order valence-corrected chi connectivity index (χ1v) is 5.88. The highest BCUT2D eigenvalue weighted by molar-refractivity contribution is 9.10. The smallest absolute Gasteiger partial charge is 0.200 e. The van der Waals surface area contributed by atoms with Gasteiger partial charge in [0.25, 0.3) is 0 Å². The maximum Gasteiger partial charge on any atom is 0.200 e. The molecule has 20 heavy (non-hydrogen) atoms. The number of halogens is 6. The van der Waals surface area contributed by atoms with Gasteiger partial charge in [0.1, 0.15) is 0 Å². The zero-order valence-corrected chi connectivity index (χ0v) is 11.4. The first-order chi connectivity index (χ1) is 9.27. The normalized spacial score (nSPS) is 12.8. The van der Waals surface area contributed by atoms with Crippen LogP contribution in [-0.2, 0) is 7.05 Å². The Bertz CT molecular complexity index is 638. The van der Waals surface area contributed by atoms with Gasteiger partial charge in [-0.25, -0.2) is 26.6 Å². The van der Waals surface area contributed by atoms with Gasteiger partial charge in [0.2, 0.25) is 5.82 Å². The van der Waals surface area contributed by atoms with E-state index in [9.17, 15) is 22.0 Å². The highest BCUT2D eigenvalue weighted by Gasteiger charge is 2.31. The topological polar surface area (TPSA) is 56.7 Å². The van der Waals surface area contributed by atoms with E-state index in [1.807, 2.05) is 0 Å². The van der Waals surface area contributed by atoms with E-state index in [1.165, 1.54) is 7.05 Å². The van der Waals surface area contributed by atoms with Crippen LogP contribution in [0, 0.1) is 29.1 Å². The lowest BCUT2D eigenvalue weighted by molar-refractivity contribution is 0.366. The lowest BCUT2D eigenvalue weighted by Gasteiger charge is -2.15. The number of benzene rings is 1. The zero-order valence-electron chi connectivity index (χ0n) is 9.76. The summed E-state index contributed by atoms with van der Waals surface area (Å²) in [6, 6.07) is -1.63. The minimum atomic E-state index is -2.24. The summed E-state index contributed by atoms with van der Waals surface area (Å²) >= 11 is 2.93. The SMILES string of the molecule is Cn1nnc(Br)c1C(N)c1c(F)c(F)c(F)c(F)c1F. The lowest BCUT2D eigenvalue weighted by atomic mass is 10.0. The van der Waals surface area contributed by atoms with Crippen LogP contribution in [0.3, 0.4) is 0 Å². The average molecular weight is 357 g/mol. The standard InChI is InChI=1S/C10H6BrF5N4/c1-20-9(10(11)18-19-20)8(17)2-3(12)5(14)7(16)6(15)4(2)13/h8H,17H2,1H3. The van der Waals surface area contributed by atoms with Gasteiger partial charge in [-0.3, -0.25) is 0 Å². The van der Waals surface area contributed by atoms with Crippen LogP contribution in [0.2, 0.25) is 0 Å². The molecule has 0 saturated carbocycles. The van der Waals surface area contributed by atoms with Crippen molar-refractivity contribution in [3.8, 4) is 0 Å². The van der Waals surface area contributed by atoms with Crippen molar-refractivity contribution >= 4 is 15.9 Å². The van der Waals surface area contributed by atoms with Crippen LogP contribution in [0.1, 0.15) is 17.3 Å². The maximum absolute atomic E-state index is 13.6. The van der Waals surface area contributed by atoms with E-state index in [2.05, 4.69) is 26.2 Å². The van der Waals surface area contributed by atoms with E-state index in [1.54, 1.807) is 0 Å². The summed E-state index contributed by atoms with van der Waals surface area (Å²) in [6.07, 6.45) is 0. The summed E-state index contributed by atoms with van der Waals surface area (Å²) in [7, 11) is 1.36. The van der Waals surface area contributed by atoms with Crippen molar-refractivity contribution in [3.63, 3.8) is 0 Å². The third-order valence-electron chi connectivity index (χ3n) is 2.68. The summed E-state index contributed by atoms with van der Waals surface area (Å²) in [5, 5.41) is 7.05. The molecule has 0 radical (unpaired) electrons. The molecular formula is C10H6BrF5N4. The molecule has 4 nitrogen and oxygen atoms in total. The Morgan fingerprint density at radius 3 is 1.85 bits per heavy atom. The summed E-state index contributed by atoms with van der Waals surface area (Å²) in [5.41, 5.74) is 4.41. The lowest BCUT2D eigenvalue weighted by Crippen LogP contribution is -2.21. The predicted octanol–water partition coefficient (Wildman–Crippen LogP) is 2.32. The number of aromatic nitrogens is 3. The van der Waals surface area contributed by atoms with Crippen molar-refractivity contribution in [2.24, 2.45) is 12.8 Å². The molecule has 0 aliphatic heterocycles. The van der Waals surface area contributed by atoms with Gasteiger partial charge in [-0.05, 0) is 15.9 Å². The number of aryl methyl sites for hydroxylation is 1. The summed E-state index contributed by atoms with van der Waals surface area (Å²) < 4.78 is 67.6. The molecule has 0 aliphatic rings. The molecule has 1 aromatic carbocycles. The molecule has 2 rings (SSSR count). The van der Waals surface area contributed by atoms with Crippen LogP contribution in [0.4, 0.5) is 22.0 Å². The fourth-order valence-electron chi connectivity index (χ4n) is 1.70. The molecule has 0 spiro atoms. The van der Waals surface area contributed by atoms with Gasteiger partial charge in [-0.15, -0.1) is 5.10 Å². The molecule has 10 heteroatoms. The Morgan fingerprint density at radius 2 is 1.45 bits per heavy atom. The fraction of sp³-hybridized carbons (Fsp3) is 0.200. The van der Waals surface area contributed by atoms with Crippen LogP contribution in [-0.4, -0.2) is 15.0 Å². The minimum absolute atomic E-state index is 0.0341. The van der Waals surface area contributed by atoms with E-state index in [0.29, 0.717) is 0 Å². The fourth-order valence-corrected chi connectivity index (χ4v) is 2.27. The van der Waals surface area contributed by atoms with Gasteiger partial charge >= 0.3 is 0 Å². The molecule has 1 aromatic heterocycles. The van der Waals surface area contributed by atoms with Crippen molar-refractivity contribution in [1.29, 1.82) is 0 Å². The van der Waals surface area contributed by atoms with Gasteiger partial charge in [-0.1, -0.05) is 5.21 Å². The molecule has 0 fully saturated rings. The number of nitrogens with zero attached hydrogens (tertiary/aromatic N) is 3. The van der Waals surface area contributed by atoms with Crippen LogP contribution in [0.5, 0.6) is 0 Å². The van der Waals surface area contributed by atoms with Crippen LogP contribution < -0.4 is 5.73 Å². The van der Waals surface area contributed by atoms with Crippen molar-refractivity contribution < 1.29 is 22.0 Å². The highest BCUT2D eigenvalue weighted by Crippen LogP contribution is 2.31. The summed E-state index contributed by atoms with van der Waals surface area (Å²) in [6.45, 7) is 0. The molecule has 1 unspecified atom stereocenters. The average Bonchev–Trinajstić information content (AvgIpc) is 2.73. The quantitative estimate of drug-likeness (QED) is 0.510. The van der Waals surface area contributed by atoms with E-state index in [-0.39, 0.29) is 10.3 Å². The van der Waals surface area contributed by atoms with E-state index in [0.717, 1.165) is 4.68 Å². The van der Waals surface area contributed by atoms with Gasteiger partial charge < -0.3 is 5.73 Å². The van der Waals surface area contributed by atoms with Crippen LogP contribution >= 0.6 is 15.9 Å². The Kier molecular flexibility index (Phi) is 3.78. The Morgan fingerprint density at radius 1 is 1.00 bits per heavy atom. The minimum Gasteiger partial charge on any atom is -0.319 e. The third-order valence-corrected chi connectivity index (χ3v) is 3.24. The molecule has 2 N–H and O–H groups in total. The van der Waals surface area contributed by atoms with Crippen molar-refractivity contribution in [1.82, 2.24) is 15.0 Å². The largest absolute Gasteiger partial charge is 0.319 e. The molecule has 0 aliphatic carbocycles. The van der Waals surface area contributed by atoms with E-state index >= 15 is 0 Å².